The zero-order valence-corrected chi connectivity index (χ0v) is 12.2. The van der Waals surface area contributed by atoms with Crippen molar-refractivity contribution in [2.24, 2.45) is 0 Å². The first-order chi connectivity index (χ1) is 9.46. The van der Waals surface area contributed by atoms with Gasteiger partial charge in [-0.05, 0) is 49.7 Å². The minimum absolute atomic E-state index is 0.0870. The van der Waals surface area contributed by atoms with Crippen LogP contribution in [0.15, 0.2) is 53.4 Å². The maximum atomic E-state index is 12.9. The Kier molecular flexibility index (Phi) is 4.09. The van der Waals surface area contributed by atoms with Gasteiger partial charge in [0.1, 0.15) is 5.82 Å². The summed E-state index contributed by atoms with van der Waals surface area (Å²) in [5.74, 6) is -0.456. The maximum Gasteiger partial charge on any atom is 0.264 e. The molecular formula is C15H16FNO2S. The van der Waals surface area contributed by atoms with Crippen LogP contribution in [0.4, 0.5) is 10.1 Å². The molecule has 2 rings (SSSR count). The summed E-state index contributed by atoms with van der Waals surface area (Å²) in [6.07, 6.45) is 0. The van der Waals surface area contributed by atoms with Crippen molar-refractivity contribution in [3.8, 4) is 0 Å². The standard InChI is InChI=1S/C15H16FNO2S/c1-3-17(15-7-5-4-6-12(15)2)20(18,19)14-10-8-13(16)9-11-14/h4-11H,3H2,1-2H3. The Bertz CT molecular complexity index is 696. The van der Waals surface area contributed by atoms with Crippen molar-refractivity contribution in [2.75, 3.05) is 10.8 Å². The third kappa shape index (κ3) is 2.67. The molecule has 3 nitrogen and oxygen atoms in total. The van der Waals surface area contributed by atoms with Crippen LogP contribution in [0, 0.1) is 12.7 Å². The molecular weight excluding hydrogens is 277 g/mol. The molecule has 0 N–H and O–H groups in total. The lowest BCUT2D eigenvalue weighted by atomic mass is 10.2. The van der Waals surface area contributed by atoms with Gasteiger partial charge in [0, 0.05) is 6.54 Å². The molecule has 0 amide bonds. The number of anilines is 1. The number of halogens is 1. The van der Waals surface area contributed by atoms with Gasteiger partial charge in [-0.25, -0.2) is 12.8 Å². The summed E-state index contributed by atoms with van der Waals surface area (Å²) in [7, 11) is -3.68. The molecule has 0 saturated heterocycles. The first-order valence-corrected chi connectivity index (χ1v) is 7.74. The number of nitrogens with zero attached hydrogens (tertiary/aromatic N) is 1. The van der Waals surface area contributed by atoms with Gasteiger partial charge >= 0.3 is 0 Å². The number of rotatable bonds is 4. The van der Waals surface area contributed by atoms with Crippen molar-refractivity contribution >= 4 is 15.7 Å². The second kappa shape index (κ2) is 5.63. The van der Waals surface area contributed by atoms with Crippen molar-refractivity contribution in [1.82, 2.24) is 0 Å². The Morgan fingerprint density at radius 1 is 1.05 bits per heavy atom. The molecule has 0 heterocycles. The van der Waals surface area contributed by atoms with E-state index in [0.717, 1.165) is 17.7 Å². The predicted octanol–water partition coefficient (Wildman–Crippen LogP) is 3.35. The van der Waals surface area contributed by atoms with E-state index in [2.05, 4.69) is 0 Å². The van der Waals surface area contributed by atoms with Crippen LogP contribution in [0.25, 0.3) is 0 Å². The van der Waals surface area contributed by atoms with Gasteiger partial charge in [0.25, 0.3) is 10.0 Å². The molecule has 0 fully saturated rings. The van der Waals surface area contributed by atoms with Crippen LogP contribution in [0.2, 0.25) is 0 Å². The summed E-state index contributed by atoms with van der Waals surface area (Å²) in [5.41, 5.74) is 1.51. The number of para-hydroxylation sites is 1. The smallest absolute Gasteiger partial charge is 0.264 e. The lowest BCUT2D eigenvalue weighted by Crippen LogP contribution is -2.31. The van der Waals surface area contributed by atoms with Crippen LogP contribution in [-0.4, -0.2) is 15.0 Å². The predicted molar refractivity (Wildman–Crippen MR) is 77.8 cm³/mol. The molecule has 2 aromatic carbocycles. The molecule has 0 saturated carbocycles. The Morgan fingerprint density at radius 2 is 1.65 bits per heavy atom. The van der Waals surface area contributed by atoms with Crippen LogP contribution in [0.1, 0.15) is 12.5 Å². The van der Waals surface area contributed by atoms with E-state index in [1.54, 1.807) is 19.1 Å². The largest absolute Gasteiger partial charge is 0.266 e. The molecule has 0 atom stereocenters. The molecule has 106 valence electrons. The van der Waals surface area contributed by atoms with Crippen LogP contribution in [0.3, 0.4) is 0 Å². The van der Waals surface area contributed by atoms with E-state index in [4.69, 9.17) is 0 Å². The third-order valence-electron chi connectivity index (χ3n) is 3.07. The van der Waals surface area contributed by atoms with E-state index >= 15 is 0 Å². The fraction of sp³-hybridized carbons (Fsp3) is 0.200. The van der Waals surface area contributed by atoms with Gasteiger partial charge in [0.05, 0.1) is 10.6 Å². The van der Waals surface area contributed by atoms with Crippen LogP contribution in [-0.2, 0) is 10.0 Å². The van der Waals surface area contributed by atoms with E-state index in [-0.39, 0.29) is 4.90 Å². The Labute approximate surface area is 118 Å². The quantitative estimate of drug-likeness (QED) is 0.867. The monoisotopic (exact) mass is 293 g/mol. The highest BCUT2D eigenvalue weighted by molar-refractivity contribution is 7.92. The fourth-order valence-corrected chi connectivity index (χ4v) is 3.59. The summed E-state index contributed by atoms with van der Waals surface area (Å²) < 4.78 is 39.5. The van der Waals surface area contributed by atoms with Gasteiger partial charge in [0.15, 0.2) is 0 Å². The van der Waals surface area contributed by atoms with Crippen molar-refractivity contribution in [3.05, 3.63) is 59.9 Å². The van der Waals surface area contributed by atoms with Gasteiger partial charge in [0.2, 0.25) is 0 Å². The number of aryl methyl sites for hydroxylation is 1. The van der Waals surface area contributed by atoms with Crippen molar-refractivity contribution in [2.45, 2.75) is 18.7 Å². The summed E-state index contributed by atoms with van der Waals surface area (Å²) in [6, 6.07) is 12.1. The molecule has 5 heteroatoms. The second-order valence-electron chi connectivity index (χ2n) is 4.41. The lowest BCUT2D eigenvalue weighted by molar-refractivity contribution is 0.590. The molecule has 0 radical (unpaired) electrons. The van der Waals surface area contributed by atoms with Crippen LogP contribution >= 0.6 is 0 Å². The average Bonchev–Trinajstić information content (AvgIpc) is 2.42. The molecule has 0 spiro atoms. The Hall–Kier alpha value is -1.88. The zero-order chi connectivity index (χ0) is 14.8. The summed E-state index contributed by atoms with van der Waals surface area (Å²) in [4.78, 5) is 0.0870. The maximum absolute atomic E-state index is 12.9. The van der Waals surface area contributed by atoms with Gasteiger partial charge < -0.3 is 0 Å². The second-order valence-corrected chi connectivity index (χ2v) is 6.27. The van der Waals surface area contributed by atoms with Crippen LogP contribution in [0.5, 0.6) is 0 Å². The minimum atomic E-state index is -3.68. The van der Waals surface area contributed by atoms with E-state index in [1.165, 1.54) is 16.4 Å². The van der Waals surface area contributed by atoms with E-state index in [0.29, 0.717) is 12.2 Å². The van der Waals surface area contributed by atoms with E-state index < -0.39 is 15.8 Å². The molecule has 0 bridgehead atoms. The summed E-state index contributed by atoms with van der Waals surface area (Å²) in [6.45, 7) is 3.94. The summed E-state index contributed by atoms with van der Waals surface area (Å²) in [5, 5.41) is 0. The zero-order valence-electron chi connectivity index (χ0n) is 11.4. The van der Waals surface area contributed by atoms with Crippen molar-refractivity contribution in [1.29, 1.82) is 0 Å². The Morgan fingerprint density at radius 3 is 2.20 bits per heavy atom. The highest BCUT2D eigenvalue weighted by atomic mass is 32.2. The Balaban J connectivity index is 2.51. The average molecular weight is 293 g/mol. The van der Waals surface area contributed by atoms with Crippen LogP contribution < -0.4 is 4.31 Å². The fourth-order valence-electron chi connectivity index (χ4n) is 2.05. The van der Waals surface area contributed by atoms with Gasteiger partial charge in [-0.3, -0.25) is 4.31 Å². The normalized spacial score (nSPS) is 11.3. The van der Waals surface area contributed by atoms with Gasteiger partial charge in [-0.15, -0.1) is 0 Å². The van der Waals surface area contributed by atoms with Crippen molar-refractivity contribution in [3.63, 3.8) is 0 Å². The highest BCUT2D eigenvalue weighted by Gasteiger charge is 2.24. The molecule has 0 aliphatic carbocycles. The number of benzene rings is 2. The molecule has 0 aliphatic heterocycles. The highest BCUT2D eigenvalue weighted by Crippen LogP contribution is 2.26. The van der Waals surface area contributed by atoms with E-state index in [9.17, 15) is 12.8 Å². The summed E-state index contributed by atoms with van der Waals surface area (Å²) >= 11 is 0. The molecule has 2 aromatic rings. The topological polar surface area (TPSA) is 37.4 Å². The molecule has 20 heavy (non-hydrogen) atoms. The SMILES string of the molecule is CCN(c1ccccc1C)S(=O)(=O)c1ccc(F)cc1. The third-order valence-corrected chi connectivity index (χ3v) is 4.98. The van der Waals surface area contributed by atoms with E-state index in [1.807, 2.05) is 19.1 Å². The number of hydrogen-bond donors (Lipinski definition) is 0. The first-order valence-electron chi connectivity index (χ1n) is 6.30. The van der Waals surface area contributed by atoms with Gasteiger partial charge in [-0.2, -0.15) is 0 Å². The minimum Gasteiger partial charge on any atom is -0.266 e. The first kappa shape index (κ1) is 14.5. The molecule has 0 unspecified atom stereocenters. The number of sulfonamides is 1. The van der Waals surface area contributed by atoms with Crippen molar-refractivity contribution < 1.29 is 12.8 Å². The molecule has 0 aliphatic rings. The lowest BCUT2D eigenvalue weighted by Gasteiger charge is -2.24. The molecule has 0 aromatic heterocycles. The van der Waals surface area contributed by atoms with Gasteiger partial charge in [-0.1, -0.05) is 18.2 Å². The number of hydrogen-bond acceptors (Lipinski definition) is 2.